The smallest absolute Gasteiger partial charge is 0.334 e. The molecule has 21 heavy (non-hydrogen) atoms. The summed E-state index contributed by atoms with van der Waals surface area (Å²) in [5, 5.41) is 10.0. The number of carbonyl (C=O) groups is 2. The Hall–Kier alpha value is -1.84. The number of amides is 1. The van der Waals surface area contributed by atoms with E-state index in [1.165, 1.54) is 6.92 Å². The number of carbonyl (C=O) groups excluding carboxylic acids is 1. The second kappa shape index (κ2) is 5.88. The van der Waals surface area contributed by atoms with Gasteiger partial charge in [0.05, 0.1) is 0 Å². The van der Waals surface area contributed by atoms with Gasteiger partial charge in [0.15, 0.2) is 5.54 Å². The average Bonchev–Trinajstić information content (AvgIpc) is 2.59. The highest BCUT2D eigenvalue weighted by Gasteiger charge is 2.49. The predicted molar refractivity (Wildman–Crippen MR) is 81.0 cm³/mol. The van der Waals surface area contributed by atoms with Crippen LogP contribution in [-0.2, 0) is 21.5 Å². The molecule has 0 heterocycles. The summed E-state index contributed by atoms with van der Waals surface area (Å²) in [7, 11) is 0. The molecular weight excluding hydrogens is 266 g/mol. The summed E-state index contributed by atoms with van der Waals surface area (Å²) in [5.41, 5.74) is 0.579. The summed E-state index contributed by atoms with van der Waals surface area (Å²) in [5.74, 6) is -1.12. The summed E-state index contributed by atoms with van der Waals surface area (Å²) in [6, 6.07) is 7.49. The van der Waals surface area contributed by atoms with Crippen LogP contribution in [0.1, 0.15) is 51.2 Å². The van der Waals surface area contributed by atoms with E-state index in [0.29, 0.717) is 6.42 Å². The highest BCUT2D eigenvalue weighted by atomic mass is 16.4. The fourth-order valence-corrected chi connectivity index (χ4v) is 3.62. The second-order valence-corrected chi connectivity index (χ2v) is 6.01. The first-order valence-corrected chi connectivity index (χ1v) is 7.53. The molecule has 0 bridgehead atoms. The minimum absolute atomic E-state index is 0.162. The Labute approximate surface area is 125 Å². The van der Waals surface area contributed by atoms with Crippen molar-refractivity contribution in [3.8, 4) is 0 Å². The van der Waals surface area contributed by atoms with Crippen molar-refractivity contribution in [2.45, 2.75) is 58.0 Å². The maximum atomic E-state index is 12.2. The van der Waals surface area contributed by atoms with Gasteiger partial charge in [0.1, 0.15) is 0 Å². The molecule has 114 valence electrons. The number of hydrogen-bond acceptors (Lipinski definition) is 2. The fourth-order valence-electron chi connectivity index (χ4n) is 3.62. The van der Waals surface area contributed by atoms with Gasteiger partial charge in [-0.3, -0.25) is 4.79 Å². The number of aryl methyl sites for hydroxylation is 1. The molecule has 4 nitrogen and oxygen atoms in total. The van der Waals surface area contributed by atoms with Gasteiger partial charge >= 0.3 is 5.97 Å². The topological polar surface area (TPSA) is 57.6 Å². The van der Waals surface area contributed by atoms with Crippen LogP contribution in [0, 0.1) is 0 Å². The third kappa shape index (κ3) is 2.55. The summed E-state index contributed by atoms with van der Waals surface area (Å²) < 4.78 is 0. The zero-order chi connectivity index (χ0) is 15.6. The molecule has 1 aliphatic carbocycles. The monoisotopic (exact) mass is 289 g/mol. The summed E-state index contributed by atoms with van der Waals surface area (Å²) in [4.78, 5) is 26.0. The Morgan fingerprint density at radius 3 is 2.48 bits per heavy atom. The van der Waals surface area contributed by atoms with Crippen molar-refractivity contribution in [1.82, 2.24) is 4.90 Å². The number of rotatable bonds is 3. The molecule has 0 aliphatic heterocycles. The second-order valence-electron chi connectivity index (χ2n) is 6.01. The molecule has 0 aromatic heterocycles. The molecular formula is C17H23NO3. The van der Waals surface area contributed by atoms with E-state index in [0.717, 1.165) is 30.4 Å². The van der Waals surface area contributed by atoms with Gasteiger partial charge in [0.25, 0.3) is 0 Å². The van der Waals surface area contributed by atoms with Gasteiger partial charge in [0.2, 0.25) is 5.91 Å². The van der Waals surface area contributed by atoms with Crippen molar-refractivity contribution >= 4 is 11.9 Å². The van der Waals surface area contributed by atoms with Crippen LogP contribution in [-0.4, -0.2) is 27.9 Å². The largest absolute Gasteiger partial charge is 0.479 e. The lowest BCUT2D eigenvalue weighted by Crippen LogP contribution is -2.57. The van der Waals surface area contributed by atoms with Crippen LogP contribution >= 0.6 is 0 Å². The molecule has 0 saturated carbocycles. The lowest BCUT2D eigenvalue weighted by Gasteiger charge is -2.43. The number of carboxylic acid groups (broad SMARTS) is 1. The molecule has 1 unspecified atom stereocenters. The average molecular weight is 289 g/mol. The van der Waals surface area contributed by atoms with Crippen molar-refractivity contribution in [3.05, 3.63) is 35.4 Å². The van der Waals surface area contributed by atoms with E-state index in [1.807, 2.05) is 38.1 Å². The molecule has 1 aromatic rings. The number of fused-ring (bicyclic) bond motifs is 1. The first kappa shape index (κ1) is 15.5. The molecule has 1 amide bonds. The van der Waals surface area contributed by atoms with Crippen molar-refractivity contribution in [2.24, 2.45) is 0 Å². The number of carboxylic acids is 1. The van der Waals surface area contributed by atoms with E-state index < -0.39 is 11.5 Å². The summed E-state index contributed by atoms with van der Waals surface area (Å²) in [6.45, 7) is 5.21. The Bertz CT molecular complexity index is 553. The molecule has 2 rings (SSSR count). The van der Waals surface area contributed by atoms with Crippen molar-refractivity contribution < 1.29 is 14.7 Å². The summed E-state index contributed by atoms with van der Waals surface area (Å²) >= 11 is 0. The zero-order valence-corrected chi connectivity index (χ0v) is 12.9. The van der Waals surface area contributed by atoms with Gasteiger partial charge < -0.3 is 10.0 Å². The Balaban J connectivity index is 2.72. The quantitative estimate of drug-likeness (QED) is 0.870. The maximum Gasteiger partial charge on any atom is 0.334 e. The first-order valence-electron chi connectivity index (χ1n) is 7.53. The number of hydrogen-bond donors (Lipinski definition) is 1. The zero-order valence-electron chi connectivity index (χ0n) is 12.9. The number of benzene rings is 1. The third-order valence-electron chi connectivity index (χ3n) is 4.32. The number of aliphatic carboxylic acids is 1. The van der Waals surface area contributed by atoms with E-state index in [-0.39, 0.29) is 11.9 Å². The molecule has 0 fully saturated rings. The first-order chi connectivity index (χ1) is 9.91. The maximum absolute atomic E-state index is 12.2. The van der Waals surface area contributed by atoms with Crippen LogP contribution in [0.3, 0.4) is 0 Å². The van der Waals surface area contributed by atoms with Crippen LogP contribution in [0.5, 0.6) is 0 Å². The van der Waals surface area contributed by atoms with Crippen LogP contribution in [0.2, 0.25) is 0 Å². The van der Waals surface area contributed by atoms with Crippen LogP contribution in [0.15, 0.2) is 24.3 Å². The molecule has 1 aromatic carbocycles. The molecule has 1 aliphatic rings. The van der Waals surface area contributed by atoms with Crippen LogP contribution in [0.25, 0.3) is 0 Å². The normalized spacial score (nSPS) is 21.5. The minimum Gasteiger partial charge on any atom is -0.479 e. The van der Waals surface area contributed by atoms with Crippen molar-refractivity contribution in [2.75, 3.05) is 0 Å². The van der Waals surface area contributed by atoms with Gasteiger partial charge in [-0.25, -0.2) is 4.79 Å². The van der Waals surface area contributed by atoms with E-state index in [1.54, 1.807) is 4.90 Å². The molecule has 1 atom stereocenters. The lowest BCUT2D eigenvalue weighted by atomic mass is 9.81. The Morgan fingerprint density at radius 1 is 1.24 bits per heavy atom. The van der Waals surface area contributed by atoms with Gasteiger partial charge in [-0.2, -0.15) is 0 Å². The third-order valence-corrected chi connectivity index (χ3v) is 4.32. The number of nitrogens with zero attached hydrogens (tertiary/aromatic N) is 1. The molecule has 4 heteroatoms. The van der Waals surface area contributed by atoms with Crippen LogP contribution in [0.4, 0.5) is 0 Å². The SMILES string of the molecule is CC(=O)N(C(C)C)C1(C(=O)O)CCCCc2ccccc21. The highest BCUT2D eigenvalue weighted by molar-refractivity contribution is 5.88. The van der Waals surface area contributed by atoms with E-state index >= 15 is 0 Å². The standard InChI is InChI=1S/C17H23NO3/c1-12(2)18(13(3)19)17(16(20)21)11-7-6-9-14-8-4-5-10-15(14)17/h4-5,8,10,12H,6-7,9,11H2,1-3H3,(H,20,21). The van der Waals surface area contributed by atoms with Gasteiger partial charge in [-0.1, -0.05) is 24.3 Å². The molecule has 0 saturated heterocycles. The Kier molecular flexibility index (Phi) is 4.35. The molecule has 0 radical (unpaired) electrons. The van der Waals surface area contributed by atoms with Gasteiger partial charge in [-0.05, 0) is 50.7 Å². The van der Waals surface area contributed by atoms with Crippen molar-refractivity contribution in [1.29, 1.82) is 0 Å². The van der Waals surface area contributed by atoms with E-state index in [4.69, 9.17) is 0 Å². The minimum atomic E-state index is -1.24. The van der Waals surface area contributed by atoms with Gasteiger partial charge in [0, 0.05) is 13.0 Å². The van der Waals surface area contributed by atoms with Gasteiger partial charge in [-0.15, -0.1) is 0 Å². The van der Waals surface area contributed by atoms with Crippen LogP contribution < -0.4 is 0 Å². The fraction of sp³-hybridized carbons (Fsp3) is 0.529. The molecule has 0 spiro atoms. The predicted octanol–water partition coefficient (Wildman–Crippen LogP) is 2.95. The van der Waals surface area contributed by atoms with Crippen molar-refractivity contribution in [3.63, 3.8) is 0 Å². The Morgan fingerprint density at radius 2 is 1.90 bits per heavy atom. The lowest BCUT2D eigenvalue weighted by molar-refractivity contribution is -0.162. The summed E-state index contributed by atoms with van der Waals surface area (Å²) in [6.07, 6.45) is 3.10. The van der Waals surface area contributed by atoms with E-state index in [9.17, 15) is 14.7 Å². The highest BCUT2D eigenvalue weighted by Crippen LogP contribution is 2.40. The van der Waals surface area contributed by atoms with E-state index in [2.05, 4.69) is 0 Å². The molecule has 1 N–H and O–H groups in total.